The second-order valence-electron chi connectivity index (χ2n) is 4.53. The van der Waals surface area contributed by atoms with E-state index in [9.17, 15) is 4.79 Å². The molecule has 19 heavy (non-hydrogen) atoms. The molecule has 8 heteroatoms. The van der Waals surface area contributed by atoms with Crippen LogP contribution in [0.25, 0.3) is 0 Å². The Morgan fingerprint density at radius 1 is 1.32 bits per heavy atom. The lowest BCUT2D eigenvalue weighted by molar-refractivity contribution is -0.119. The van der Waals surface area contributed by atoms with Crippen molar-refractivity contribution in [3.05, 3.63) is 0 Å². The van der Waals surface area contributed by atoms with Crippen LogP contribution in [0.1, 0.15) is 20.3 Å². The molecule has 1 atom stereocenters. The van der Waals surface area contributed by atoms with Crippen LogP contribution in [0.2, 0.25) is 0 Å². The number of anilines is 2. The van der Waals surface area contributed by atoms with E-state index >= 15 is 0 Å². The van der Waals surface area contributed by atoms with E-state index in [1.807, 2.05) is 13.8 Å². The molecular weight excluding hydrogens is 248 g/mol. The summed E-state index contributed by atoms with van der Waals surface area (Å²) in [6.45, 7) is 4.37. The van der Waals surface area contributed by atoms with Gasteiger partial charge in [-0.1, -0.05) is 0 Å². The fraction of sp³-hybridized carbons (Fsp3) is 0.636. The number of carbonyl (C=O) groups excluding carboxylic acids is 1. The first-order valence-electron chi connectivity index (χ1n) is 6.20. The van der Waals surface area contributed by atoms with E-state index < -0.39 is 0 Å². The molecule has 1 aliphatic heterocycles. The van der Waals surface area contributed by atoms with Crippen LogP contribution in [0, 0.1) is 0 Å². The molecule has 0 saturated carbocycles. The summed E-state index contributed by atoms with van der Waals surface area (Å²) < 4.78 is 5.46. The van der Waals surface area contributed by atoms with Crippen molar-refractivity contribution in [3.8, 4) is 6.01 Å². The highest BCUT2D eigenvalue weighted by Gasteiger charge is 2.22. The molecule has 2 heterocycles. The fourth-order valence-corrected chi connectivity index (χ4v) is 1.69. The maximum absolute atomic E-state index is 11.1. The van der Waals surface area contributed by atoms with Gasteiger partial charge in [0.25, 0.3) is 0 Å². The van der Waals surface area contributed by atoms with Gasteiger partial charge in [0.15, 0.2) is 0 Å². The Bertz CT molecular complexity index is 464. The Morgan fingerprint density at radius 2 is 2.05 bits per heavy atom. The van der Waals surface area contributed by atoms with Crippen molar-refractivity contribution in [3.63, 3.8) is 0 Å². The monoisotopic (exact) mass is 266 g/mol. The van der Waals surface area contributed by atoms with Crippen molar-refractivity contribution in [1.82, 2.24) is 20.3 Å². The predicted molar refractivity (Wildman–Crippen MR) is 70.2 cm³/mol. The molecule has 0 aliphatic carbocycles. The van der Waals surface area contributed by atoms with E-state index in [4.69, 9.17) is 4.74 Å². The number of hydrogen-bond donors (Lipinski definition) is 3. The number of ether oxygens (including phenoxy) is 1. The van der Waals surface area contributed by atoms with Gasteiger partial charge in [0.1, 0.15) is 0 Å². The third-order valence-corrected chi connectivity index (χ3v) is 2.49. The summed E-state index contributed by atoms with van der Waals surface area (Å²) in [4.78, 5) is 23.6. The molecule has 0 radical (unpaired) electrons. The summed E-state index contributed by atoms with van der Waals surface area (Å²) in [6, 6.07) is 0.251. The fourth-order valence-electron chi connectivity index (χ4n) is 1.69. The minimum Gasteiger partial charge on any atom is -0.461 e. The number of rotatable bonds is 5. The van der Waals surface area contributed by atoms with Crippen molar-refractivity contribution in [2.24, 2.45) is 0 Å². The first-order chi connectivity index (χ1) is 9.06. The highest BCUT2D eigenvalue weighted by Crippen LogP contribution is 2.14. The van der Waals surface area contributed by atoms with E-state index in [1.165, 1.54) is 0 Å². The summed E-state index contributed by atoms with van der Waals surface area (Å²) >= 11 is 0. The molecule has 0 bridgehead atoms. The molecule has 2 rings (SSSR count). The van der Waals surface area contributed by atoms with Crippen LogP contribution in [-0.4, -0.2) is 46.6 Å². The normalized spacial score (nSPS) is 18.3. The number of aromatic nitrogens is 3. The standard InChI is InChI=1S/C11H18N6O2/c1-6(2)19-11-16-9(12-3)15-10(17-11)14-7-4-8(18)13-5-7/h6-7H,4-5H2,1-3H3,(H,13,18)(H2,12,14,15,16,17). The number of amides is 1. The van der Waals surface area contributed by atoms with Crippen molar-refractivity contribution in [2.45, 2.75) is 32.4 Å². The van der Waals surface area contributed by atoms with Crippen LogP contribution in [0.15, 0.2) is 0 Å². The second kappa shape index (κ2) is 5.68. The largest absolute Gasteiger partial charge is 0.461 e. The van der Waals surface area contributed by atoms with Crippen LogP contribution >= 0.6 is 0 Å². The van der Waals surface area contributed by atoms with Crippen LogP contribution in [0.3, 0.4) is 0 Å². The lowest BCUT2D eigenvalue weighted by atomic mass is 10.3. The van der Waals surface area contributed by atoms with Crippen LogP contribution < -0.4 is 20.7 Å². The second-order valence-corrected chi connectivity index (χ2v) is 4.53. The van der Waals surface area contributed by atoms with E-state index in [1.54, 1.807) is 7.05 Å². The highest BCUT2D eigenvalue weighted by atomic mass is 16.5. The maximum atomic E-state index is 11.1. The van der Waals surface area contributed by atoms with Gasteiger partial charge >= 0.3 is 6.01 Å². The molecule has 1 aliphatic rings. The molecule has 1 aromatic rings. The Labute approximate surface area is 111 Å². The minimum absolute atomic E-state index is 0.00786. The topological polar surface area (TPSA) is 101 Å². The van der Waals surface area contributed by atoms with Crippen LogP contribution in [-0.2, 0) is 4.79 Å². The van der Waals surface area contributed by atoms with Crippen molar-refractivity contribution in [2.75, 3.05) is 24.2 Å². The van der Waals surface area contributed by atoms with E-state index in [0.717, 1.165) is 0 Å². The van der Waals surface area contributed by atoms with Gasteiger partial charge in [-0.15, -0.1) is 0 Å². The van der Waals surface area contributed by atoms with Crippen LogP contribution in [0.4, 0.5) is 11.9 Å². The zero-order chi connectivity index (χ0) is 13.8. The number of hydrogen-bond acceptors (Lipinski definition) is 7. The molecule has 1 unspecified atom stereocenters. The predicted octanol–water partition coefficient (Wildman–Crippen LogP) is 0.000900. The first-order valence-corrected chi connectivity index (χ1v) is 6.20. The molecule has 1 fully saturated rings. The molecule has 1 aromatic heterocycles. The van der Waals surface area contributed by atoms with Gasteiger partial charge in [0, 0.05) is 20.0 Å². The molecule has 104 valence electrons. The Kier molecular flexibility index (Phi) is 3.98. The van der Waals surface area contributed by atoms with Crippen molar-refractivity contribution in [1.29, 1.82) is 0 Å². The quantitative estimate of drug-likeness (QED) is 0.689. The van der Waals surface area contributed by atoms with E-state index in [2.05, 4.69) is 30.9 Å². The third-order valence-electron chi connectivity index (χ3n) is 2.49. The molecule has 1 amide bonds. The molecular formula is C11H18N6O2. The molecule has 0 aromatic carbocycles. The van der Waals surface area contributed by atoms with Gasteiger partial charge in [0.2, 0.25) is 17.8 Å². The van der Waals surface area contributed by atoms with Gasteiger partial charge in [-0.3, -0.25) is 4.79 Å². The highest BCUT2D eigenvalue weighted by molar-refractivity contribution is 5.79. The Morgan fingerprint density at radius 3 is 2.63 bits per heavy atom. The summed E-state index contributed by atoms with van der Waals surface area (Å²) in [7, 11) is 1.72. The lowest BCUT2D eigenvalue weighted by Crippen LogP contribution is -2.24. The minimum atomic E-state index is -0.0188. The Hall–Kier alpha value is -2.12. The van der Waals surface area contributed by atoms with Gasteiger partial charge in [-0.2, -0.15) is 15.0 Å². The summed E-state index contributed by atoms with van der Waals surface area (Å²) in [5.41, 5.74) is 0. The number of nitrogens with zero attached hydrogens (tertiary/aromatic N) is 3. The third kappa shape index (κ3) is 3.67. The summed E-state index contributed by atoms with van der Waals surface area (Å²) in [6.07, 6.45) is 0.399. The molecule has 1 saturated heterocycles. The first kappa shape index (κ1) is 13.3. The van der Waals surface area contributed by atoms with Crippen LogP contribution in [0.5, 0.6) is 6.01 Å². The average molecular weight is 266 g/mol. The molecule has 3 N–H and O–H groups in total. The van der Waals surface area contributed by atoms with Gasteiger partial charge < -0.3 is 20.7 Å². The average Bonchev–Trinajstić information content (AvgIpc) is 2.73. The smallest absolute Gasteiger partial charge is 0.323 e. The number of nitrogens with one attached hydrogen (secondary N) is 3. The van der Waals surface area contributed by atoms with Crippen molar-refractivity contribution < 1.29 is 9.53 Å². The Balaban J connectivity index is 2.12. The maximum Gasteiger partial charge on any atom is 0.323 e. The van der Waals surface area contributed by atoms with Gasteiger partial charge in [-0.25, -0.2) is 0 Å². The summed E-state index contributed by atoms with van der Waals surface area (Å²) in [5.74, 6) is 0.848. The lowest BCUT2D eigenvalue weighted by Gasteiger charge is -2.13. The van der Waals surface area contributed by atoms with Gasteiger partial charge in [0.05, 0.1) is 12.1 Å². The van der Waals surface area contributed by atoms with Gasteiger partial charge in [-0.05, 0) is 13.8 Å². The molecule has 0 spiro atoms. The SMILES string of the molecule is CNc1nc(NC2CNC(=O)C2)nc(OC(C)C)n1. The van der Waals surface area contributed by atoms with E-state index in [-0.39, 0.29) is 24.1 Å². The summed E-state index contributed by atoms with van der Waals surface area (Å²) in [5, 5.41) is 8.69. The van der Waals surface area contributed by atoms with E-state index in [0.29, 0.717) is 24.9 Å². The van der Waals surface area contributed by atoms with Crippen molar-refractivity contribution >= 4 is 17.8 Å². The zero-order valence-electron chi connectivity index (χ0n) is 11.2. The zero-order valence-corrected chi connectivity index (χ0v) is 11.2. The number of carbonyl (C=O) groups is 1. The molecule has 8 nitrogen and oxygen atoms in total.